The molecule has 2 aliphatic heterocycles. The maximum absolute atomic E-state index is 12.9. The summed E-state index contributed by atoms with van der Waals surface area (Å²) in [5.74, 6) is 0.291. The number of hydrogen-bond donors (Lipinski definition) is 2. The number of amides is 1. The molecule has 1 aromatic carbocycles. The van der Waals surface area contributed by atoms with E-state index in [9.17, 15) is 9.59 Å². The van der Waals surface area contributed by atoms with Crippen LogP contribution in [0.15, 0.2) is 29.1 Å². The maximum Gasteiger partial charge on any atom is 0.258 e. The number of nitrogens with one attached hydrogen (secondary N) is 2. The zero-order valence-corrected chi connectivity index (χ0v) is 15.9. The first-order valence-electron chi connectivity index (χ1n) is 9.22. The number of carbonyl (C=O) groups excluding carboxylic acids is 1. The van der Waals surface area contributed by atoms with Crippen molar-refractivity contribution in [1.29, 1.82) is 0 Å². The molecule has 4 rings (SSSR count). The van der Waals surface area contributed by atoms with Crippen LogP contribution in [-0.2, 0) is 4.79 Å². The van der Waals surface area contributed by atoms with E-state index in [1.807, 2.05) is 18.2 Å². The number of piperazine rings is 1. The molecule has 1 saturated heterocycles. The van der Waals surface area contributed by atoms with Gasteiger partial charge in [-0.05, 0) is 18.2 Å². The minimum Gasteiger partial charge on any atom is -0.340 e. The first kappa shape index (κ1) is 18.0. The van der Waals surface area contributed by atoms with Crippen LogP contribution in [0.2, 0.25) is 5.02 Å². The summed E-state index contributed by atoms with van der Waals surface area (Å²) in [6.45, 7) is 6.57. The minimum atomic E-state index is -0.398. The molecule has 27 heavy (non-hydrogen) atoms. The molecule has 7 nitrogen and oxygen atoms in total. The van der Waals surface area contributed by atoms with Gasteiger partial charge >= 0.3 is 0 Å². The molecular weight excluding hydrogens is 366 g/mol. The van der Waals surface area contributed by atoms with Crippen LogP contribution in [0.25, 0.3) is 0 Å². The number of halogens is 1. The largest absolute Gasteiger partial charge is 0.340 e. The molecule has 2 N–H and O–H groups in total. The van der Waals surface area contributed by atoms with Crippen molar-refractivity contribution in [3.63, 3.8) is 0 Å². The predicted octanol–water partition coefficient (Wildman–Crippen LogP) is 2.04. The summed E-state index contributed by atoms with van der Waals surface area (Å²) in [5.41, 5.74) is 1.02. The predicted molar refractivity (Wildman–Crippen MR) is 106 cm³/mol. The van der Waals surface area contributed by atoms with Gasteiger partial charge in [-0.3, -0.25) is 14.6 Å². The number of rotatable bonds is 3. The number of carbonyl (C=O) groups is 1. The Morgan fingerprint density at radius 1 is 1.19 bits per heavy atom. The molecule has 0 bridgehead atoms. The highest BCUT2D eigenvalue weighted by Crippen LogP contribution is 2.37. The third kappa shape index (κ3) is 3.44. The first-order chi connectivity index (χ1) is 13.1. The molecule has 0 spiro atoms. The Morgan fingerprint density at radius 2 is 1.93 bits per heavy atom. The van der Waals surface area contributed by atoms with E-state index in [1.165, 1.54) is 0 Å². The summed E-state index contributed by atoms with van der Waals surface area (Å²) in [4.78, 5) is 37.1. The second-order valence-corrected chi connectivity index (χ2v) is 7.31. The molecule has 8 heteroatoms. The van der Waals surface area contributed by atoms with Crippen LogP contribution in [0.4, 0.5) is 11.8 Å². The van der Waals surface area contributed by atoms with E-state index < -0.39 is 5.92 Å². The molecule has 1 atom stereocenters. The highest BCUT2D eigenvalue weighted by molar-refractivity contribution is 6.31. The minimum absolute atomic E-state index is 0.160. The summed E-state index contributed by atoms with van der Waals surface area (Å²) < 4.78 is 0. The number of nitrogens with zero attached hydrogens (tertiary/aromatic N) is 3. The molecule has 1 unspecified atom stereocenters. The molecule has 3 heterocycles. The van der Waals surface area contributed by atoms with Crippen LogP contribution in [0.3, 0.4) is 0 Å². The molecular formula is C19H22ClN5O2. The van der Waals surface area contributed by atoms with Crippen molar-refractivity contribution in [2.45, 2.75) is 19.3 Å². The molecule has 0 radical (unpaired) electrons. The Morgan fingerprint density at radius 3 is 2.63 bits per heavy atom. The Labute approximate surface area is 162 Å². The van der Waals surface area contributed by atoms with Crippen LogP contribution in [0.5, 0.6) is 0 Å². The lowest BCUT2D eigenvalue weighted by Gasteiger charge is -2.35. The number of likely N-dealkylation sites (N-methyl/N-ethyl adjacent to an activating group) is 1. The van der Waals surface area contributed by atoms with Crippen LogP contribution < -0.4 is 15.8 Å². The smallest absolute Gasteiger partial charge is 0.258 e. The third-order valence-electron chi connectivity index (χ3n) is 5.34. The first-order valence-corrected chi connectivity index (χ1v) is 9.60. The number of anilines is 2. The quantitative estimate of drug-likeness (QED) is 0.842. The number of aromatic nitrogens is 2. The topological polar surface area (TPSA) is 81.3 Å². The van der Waals surface area contributed by atoms with Crippen molar-refractivity contribution >= 4 is 29.3 Å². The second kappa shape index (κ2) is 7.32. The highest BCUT2D eigenvalue weighted by atomic mass is 35.5. The van der Waals surface area contributed by atoms with Gasteiger partial charge in [-0.1, -0.05) is 36.7 Å². The van der Waals surface area contributed by atoms with Crippen molar-refractivity contribution < 1.29 is 4.79 Å². The van der Waals surface area contributed by atoms with Gasteiger partial charge in [-0.25, -0.2) is 0 Å². The molecule has 142 valence electrons. The average Bonchev–Trinajstić information content (AvgIpc) is 2.67. The van der Waals surface area contributed by atoms with E-state index >= 15 is 0 Å². The Balaban J connectivity index is 1.71. The number of H-pyrrole nitrogens is 1. The zero-order chi connectivity index (χ0) is 19.0. The van der Waals surface area contributed by atoms with Crippen LogP contribution in [-0.4, -0.2) is 53.5 Å². The third-order valence-corrected chi connectivity index (χ3v) is 5.68. The van der Waals surface area contributed by atoms with Crippen LogP contribution in [0, 0.1) is 0 Å². The van der Waals surface area contributed by atoms with Crippen molar-refractivity contribution in [1.82, 2.24) is 14.9 Å². The fourth-order valence-corrected chi connectivity index (χ4v) is 4.08. The van der Waals surface area contributed by atoms with Crippen molar-refractivity contribution in [3.05, 3.63) is 50.8 Å². The molecule has 1 aromatic heterocycles. The van der Waals surface area contributed by atoms with Gasteiger partial charge < -0.3 is 15.1 Å². The van der Waals surface area contributed by atoms with E-state index in [-0.39, 0.29) is 17.9 Å². The Hall–Kier alpha value is -2.38. The number of fused-ring (bicyclic) bond motifs is 1. The normalized spacial score (nSPS) is 20.3. The van der Waals surface area contributed by atoms with Gasteiger partial charge in [-0.2, -0.15) is 4.98 Å². The van der Waals surface area contributed by atoms with Crippen molar-refractivity contribution in [2.24, 2.45) is 0 Å². The van der Waals surface area contributed by atoms with Gasteiger partial charge in [0.05, 0.1) is 5.56 Å². The van der Waals surface area contributed by atoms with E-state index in [4.69, 9.17) is 11.6 Å². The molecule has 0 saturated carbocycles. The van der Waals surface area contributed by atoms with Gasteiger partial charge in [0.2, 0.25) is 11.9 Å². The summed E-state index contributed by atoms with van der Waals surface area (Å²) in [6, 6.07) is 7.31. The Bertz CT molecular complexity index is 921. The summed E-state index contributed by atoms with van der Waals surface area (Å²) >= 11 is 6.33. The van der Waals surface area contributed by atoms with Crippen molar-refractivity contribution in [2.75, 3.05) is 42.9 Å². The van der Waals surface area contributed by atoms with E-state index in [0.717, 1.165) is 38.3 Å². The summed E-state index contributed by atoms with van der Waals surface area (Å²) in [5, 5.41) is 3.31. The summed E-state index contributed by atoms with van der Waals surface area (Å²) in [6.07, 6.45) is 0.177. The standard InChI is InChI=1S/C19H22ClN5O2/c1-2-24-7-9-25(10-8-24)19-22-17-16(18(27)23-19)13(11-15(26)21-17)12-5-3-4-6-14(12)20/h3-6,13H,2,7-11H2,1H3,(H2,21,22,23,26,27). The lowest BCUT2D eigenvalue weighted by molar-refractivity contribution is -0.116. The van der Waals surface area contributed by atoms with Gasteiger partial charge in [0.1, 0.15) is 5.82 Å². The van der Waals surface area contributed by atoms with Gasteiger partial charge in [-0.15, -0.1) is 0 Å². The molecule has 0 aliphatic carbocycles. The zero-order valence-electron chi connectivity index (χ0n) is 15.2. The number of hydrogen-bond acceptors (Lipinski definition) is 5. The Kier molecular flexibility index (Phi) is 4.88. The van der Waals surface area contributed by atoms with Gasteiger partial charge in [0.15, 0.2) is 0 Å². The van der Waals surface area contributed by atoms with Gasteiger partial charge in [0.25, 0.3) is 5.56 Å². The fraction of sp³-hybridized carbons (Fsp3) is 0.421. The summed E-state index contributed by atoms with van der Waals surface area (Å²) in [7, 11) is 0. The van der Waals surface area contributed by atoms with Gasteiger partial charge in [0, 0.05) is 43.5 Å². The van der Waals surface area contributed by atoms with Crippen LogP contribution >= 0.6 is 11.6 Å². The molecule has 2 aliphatic rings. The molecule has 2 aromatic rings. The van der Waals surface area contributed by atoms with Crippen LogP contribution in [0.1, 0.15) is 30.4 Å². The van der Waals surface area contributed by atoms with E-state index in [2.05, 4.69) is 32.0 Å². The van der Waals surface area contributed by atoms with E-state index in [1.54, 1.807) is 6.07 Å². The lowest BCUT2D eigenvalue weighted by atomic mass is 9.87. The van der Waals surface area contributed by atoms with Crippen molar-refractivity contribution in [3.8, 4) is 0 Å². The monoisotopic (exact) mass is 387 g/mol. The maximum atomic E-state index is 12.9. The van der Waals surface area contributed by atoms with E-state index in [0.29, 0.717) is 22.4 Å². The fourth-order valence-electron chi connectivity index (χ4n) is 3.81. The number of aromatic amines is 1. The average molecular weight is 388 g/mol. The second-order valence-electron chi connectivity index (χ2n) is 6.90. The number of benzene rings is 1. The lowest BCUT2D eigenvalue weighted by Crippen LogP contribution is -2.47. The highest BCUT2D eigenvalue weighted by Gasteiger charge is 2.32. The SMILES string of the molecule is CCN1CCN(c2nc3c(c(=O)[nH]2)C(c2ccccc2Cl)CC(=O)N3)CC1. The molecule has 1 amide bonds. The molecule has 1 fully saturated rings.